The van der Waals surface area contributed by atoms with Gasteiger partial charge in [-0.1, -0.05) is 43.7 Å². The summed E-state index contributed by atoms with van der Waals surface area (Å²) in [6.45, 7) is 2.61. The van der Waals surface area contributed by atoms with Crippen LogP contribution in [0.1, 0.15) is 37.0 Å². The first-order chi connectivity index (χ1) is 10.3. The van der Waals surface area contributed by atoms with Crippen molar-refractivity contribution in [1.29, 1.82) is 0 Å². The number of hydrogen-bond acceptors (Lipinski definition) is 3. The highest BCUT2D eigenvalue weighted by Gasteiger charge is 2.32. The minimum atomic E-state index is -0.555. The van der Waals surface area contributed by atoms with Crippen molar-refractivity contribution in [1.82, 2.24) is 0 Å². The van der Waals surface area contributed by atoms with Crippen LogP contribution in [0.3, 0.4) is 0 Å². The minimum absolute atomic E-state index is 0.130. The lowest BCUT2D eigenvalue weighted by Crippen LogP contribution is -2.17. The van der Waals surface area contributed by atoms with Gasteiger partial charge in [0, 0.05) is 5.56 Å². The van der Waals surface area contributed by atoms with Crippen LogP contribution in [0.5, 0.6) is 11.5 Å². The summed E-state index contributed by atoms with van der Waals surface area (Å²) in [7, 11) is 0. The summed E-state index contributed by atoms with van der Waals surface area (Å²) in [4.78, 5) is 0. The van der Waals surface area contributed by atoms with Gasteiger partial charge in [-0.05, 0) is 30.2 Å². The second-order valence-corrected chi connectivity index (χ2v) is 5.36. The summed E-state index contributed by atoms with van der Waals surface area (Å²) in [5.41, 5.74) is 1.96. The SMILES string of the molecule is CCCC1Oc2ccc(OCc3ccccc3)cc2C1O. The van der Waals surface area contributed by atoms with Gasteiger partial charge in [-0.25, -0.2) is 0 Å². The molecule has 0 saturated heterocycles. The van der Waals surface area contributed by atoms with E-state index >= 15 is 0 Å². The predicted molar refractivity (Wildman–Crippen MR) is 81.5 cm³/mol. The molecule has 1 N–H and O–H groups in total. The van der Waals surface area contributed by atoms with Crippen LogP contribution in [-0.4, -0.2) is 11.2 Å². The first kappa shape index (κ1) is 14.0. The van der Waals surface area contributed by atoms with Crippen LogP contribution in [0.25, 0.3) is 0 Å². The third-order valence-electron chi connectivity index (χ3n) is 3.75. The van der Waals surface area contributed by atoms with Gasteiger partial charge in [-0.15, -0.1) is 0 Å². The monoisotopic (exact) mass is 284 g/mol. The highest BCUT2D eigenvalue weighted by atomic mass is 16.5. The normalized spacial score (nSPS) is 19.9. The molecule has 0 fully saturated rings. The third kappa shape index (κ3) is 3.03. The number of aliphatic hydroxyl groups excluding tert-OH is 1. The molecule has 3 nitrogen and oxygen atoms in total. The van der Waals surface area contributed by atoms with Crippen molar-refractivity contribution in [2.75, 3.05) is 0 Å². The topological polar surface area (TPSA) is 38.7 Å². The molecule has 1 heterocycles. The van der Waals surface area contributed by atoms with Gasteiger partial charge in [0.1, 0.15) is 30.3 Å². The number of hydrogen-bond donors (Lipinski definition) is 1. The number of fused-ring (bicyclic) bond motifs is 1. The number of aliphatic hydroxyl groups is 1. The molecule has 110 valence electrons. The molecule has 0 aromatic heterocycles. The highest BCUT2D eigenvalue weighted by Crippen LogP contribution is 2.40. The van der Waals surface area contributed by atoms with Gasteiger partial charge in [0.05, 0.1) is 0 Å². The molecule has 0 bridgehead atoms. The van der Waals surface area contributed by atoms with Gasteiger partial charge in [-0.2, -0.15) is 0 Å². The van der Waals surface area contributed by atoms with Crippen LogP contribution in [0.4, 0.5) is 0 Å². The van der Waals surface area contributed by atoms with E-state index in [1.165, 1.54) is 0 Å². The van der Waals surface area contributed by atoms with Gasteiger partial charge < -0.3 is 14.6 Å². The molecule has 0 saturated carbocycles. The second kappa shape index (κ2) is 6.19. The largest absolute Gasteiger partial charge is 0.489 e. The van der Waals surface area contributed by atoms with Crippen LogP contribution in [0, 0.1) is 0 Å². The molecule has 3 rings (SSSR count). The van der Waals surface area contributed by atoms with Crippen LogP contribution < -0.4 is 9.47 Å². The number of benzene rings is 2. The van der Waals surface area contributed by atoms with Crippen molar-refractivity contribution in [2.24, 2.45) is 0 Å². The molecular weight excluding hydrogens is 264 g/mol. The molecular formula is C18H20O3. The maximum absolute atomic E-state index is 10.3. The van der Waals surface area contributed by atoms with E-state index in [1.54, 1.807) is 0 Å². The molecule has 0 aliphatic carbocycles. The van der Waals surface area contributed by atoms with E-state index in [0.29, 0.717) is 6.61 Å². The minimum Gasteiger partial charge on any atom is -0.489 e. The fraction of sp³-hybridized carbons (Fsp3) is 0.333. The Morgan fingerprint density at radius 1 is 1.14 bits per heavy atom. The predicted octanol–water partition coefficient (Wildman–Crippen LogP) is 3.86. The zero-order valence-electron chi connectivity index (χ0n) is 12.2. The maximum Gasteiger partial charge on any atom is 0.129 e. The Hall–Kier alpha value is -2.00. The summed E-state index contributed by atoms with van der Waals surface area (Å²) in [6, 6.07) is 15.7. The Morgan fingerprint density at radius 3 is 2.71 bits per heavy atom. The Morgan fingerprint density at radius 2 is 1.95 bits per heavy atom. The Balaban J connectivity index is 1.70. The Labute approximate surface area is 125 Å². The zero-order chi connectivity index (χ0) is 14.7. The van der Waals surface area contributed by atoms with Crippen LogP contribution in [0.2, 0.25) is 0 Å². The average Bonchev–Trinajstić information content (AvgIpc) is 2.83. The van der Waals surface area contributed by atoms with E-state index in [4.69, 9.17) is 9.47 Å². The van der Waals surface area contributed by atoms with Crippen molar-refractivity contribution < 1.29 is 14.6 Å². The molecule has 2 aromatic carbocycles. The summed E-state index contributed by atoms with van der Waals surface area (Å²) >= 11 is 0. The van der Waals surface area contributed by atoms with Crippen molar-refractivity contribution >= 4 is 0 Å². The van der Waals surface area contributed by atoms with E-state index in [2.05, 4.69) is 6.92 Å². The van der Waals surface area contributed by atoms with Crippen molar-refractivity contribution in [3.8, 4) is 11.5 Å². The van der Waals surface area contributed by atoms with Crippen LogP contribution >= 0.6 is 0 Å². The smallest absolute Gasteiger partial charge is 0.129 e. The van der Waals surface area contributed by atoms with Gasteiger partial charge in [0.15, 0.2) is 0 Å². The van der Waals surface area contributed by atoms with Gasteiger partial charge in [-0.3, -0.25) is 0 Å². The lowest BCUT2D eigenvalue weighted by atomic mass is 10.0. The molecule has 0 spiro atoms. The number of ether oxygens (including phenoxy) is 2. The van der Waals surface area contributed by atoms with Gasteiger partial charge in [0.2, 0.25) is 0 Å². The maximum atomic E-state index is 10.3. The lowest BCUT2D eigenvalue weighted by molar-refractivity contribution is 0.0616. The van der Waals surface area contributed by atoms with Crippen molar-refractivity contribution in [3.05, 3.63) is 59.7 Å². The molecule has 2 unspecified atom stereocenters. The second-order valence-electron chi connectivity index (χ2n) is 5.36. The average molecular weight is 284 g/mol. The summed E-state index contributed by atoms with van der Waals surface area (Å²) in [5, 5.41) is 10.3. The molecule has 2 aromatic rings. The number of rotatable bonds is 5. The fourth-order valence-corrected chi connectivity index (χ4v) is 2.62. The summed E-state index contributed by atoms with van der Waals surface area (Å²) < 4.78 is 11.6. The van der Waals surface area contributed by atoms with E-state index in [1.807, 2.05) is 48.5 Å². The standard InChI is InChI=1S/C18H20O3/c1-2-6-17-18(19)15-11-14(9-10-16(15)21-17)20-12-13-7-4-3-5-8-13/h3-5,7-11,17-19H,2,6,12H2,1H3. The summed E-state index contributed by atoms with van der Waals surface area (Å²) in [5.74, 6) is 1.53. The Bertz CT molecular complexity index is 595. The quantitative estimate of drug-likeness (QED) is 0.906. The highest BCUT2D eigenvalue weighted by molar-refractivity contribution is 5.45. The van der Waals surface area contributed by atoms with Crippen LogP contribution in [0.15, 0.2) is 48.5 Å². The van der Waals surface area contributed by atoms with Gasteiger partial charge in [0.25, 0.3) is 0 Å². The summed E-state index contributed by atoms with van der Waals surface area (Å²) in [6.07, 6.45) is 1.16. The van der Waals surface area contributed by atoms with E-state index < -0.39 is 6.10 Å². The van der Waals surface area contributed by atoms with Crippen molar-refractivity contribution in [2.45, 2.75) is 38.6 Å². The Kier molecular flexibility index (Phi) is 4.11. The molecule has 1 aliphatic heterocycles. The molecule has 0 radical (unpaired) electrons. The molecule has 2 atom stereocenters. The first-order valence-corrected chi connectivity index (χ1v) is 7.43. The zero-order valence-corrected chi connectivity index (χ0v) is 12.2. The van der Waals surface area contributed by atoms with Gasteiger partial charge >= 0.3 is 0 Å². The lowest BCUT2D eigenvalue weighted by Gasteiger charge is -2.12. The van der Waals surface area contributed by atoms with E-state index in [9.17, 15) is 5.11 Å². The first-order valence-electron chi connectivity index (χ1n) is 7.43. The van der Waals surface area contributed by atoms with E-state index in [0.717, 1.165) is 35.5 Å². The van der Waals surface area contributed by atoms with E-state index in [-0.39, 0.29) is 6.10 Å². The van der Waals surface area contributed by atoms with Crippen molar-refractivity contribution in [3.63, 3.8) is 0 Å². The fourth-order valence-electron chi connectivity index (χ4n) is 2.62. The van der Waals surface area contributed by atoms with Crippen LogP contribution in [-0.2, 0) is 6.61 Å². The molecule has 0 amide bonds. The molecule has 3 heteroatoms. The molecule has 21 heavy (non-hydrogen) atoms. The molecule has 1 aliphatic rings. The third-order valence-corrected chi connectivity index (χ3v) is 3.75.